The summed E-state index contributed by atoms with van der Waals surface area (Å²) in [5, 5.41) is 19.3. The minimum Gasteiger partial charge on any atom is -0.477 e. The van der Waals surface area contributed by atoms with Gasteiger partial charge in [0.1, 0.15) is 5.69 Å². The molecule has 0 spiro atoms. The highest BCUT2D eigenvalue weighted by Crippen LogP contribution is 2.30. The average Bonchev–Trinajstić information content (AvgIpc) is 3.23. The second-order valence-corrected chi connectivity index (χ2v) is 5.87. The molecule has 0 atom stereocenters. The molecule has 0 fully saturated rings. The van der Waals surface area contributed by atoms with Gasteiger partial charge in [0.15, 0.2) is 5.56 Å². The molecule has 0 aliphatic heterocycles. The highest BCUT2D eigenvalue weighted by molar-refractivity contribution is 7.08. The van der Waals surface area contributed by atoms with Crippen LogP contribution in [0, 0.1) is 0 Å². The first kappa shape index (κ1) is 15.9. The zero-order chi connectivity index (χ0) is 16.9. The number of anilines is 1. The zero-order valence-corrected chi connectivity index (χ0v) is 13.4. The number of aryl methyl sites for hydroxylation is 1. The number of hydrogen-bond acceptors (Lipinski definition) is 5. The lowest BCUT2D eigenvalue weighted by Crippen LogP contribution is -2.14. The van der Waals surface area contributed by atoms with Crippen molar-refractivity contribution in [3.05, 3.63) is 58.3 Å². The van der Waals surface area contributed by atoms with Gasteiger partial charge in [0.2, 0.25) is 11.8 Å². The molecular weight excluding hydrogens is 328 g/mol. The third-order valence-corrected chi connectivity index (χ3v) is 4.12. The van der Waals surface area contributed by atoms with E-state index in [1.54, 1.807) is 11.4 Å². The largest absolute Gasteiger partial charge is 0.477 e. The van der Waals surface area contributed by atoms with E-state index in [2.05, 4.69) is 10.5 Å². The van der Waals surface area contributed by atoms with Gasteiger partial charge in [-0.2, -0.15) is 11.3 Å². The summed E-state index contributed by atoms with van der Waals surface area (Å²) in [6.07, 6.45) is 0.776. The van der Waals surface area contributed by atoms with E-state index < -0.39 is 5.97 Å². The van der Waals surface area contributed by atoms with Crippen molar-refractivity contribution >= 4 is 29.1 Å². The van der Waals surface area contributed by atoms with E-state index in [-0.39, 0.29) is 29.5 Å². The second kappa shape index (κ2) is 7.10. The van der Waals surface area contributed by atoms with Gasteiger partial charge in [-0.3, -0.25) is 10.1 Å². The normalized spacial score (nSPS) is 10.5. The Hall–Kier alpha value is -2.93. The van der Waals surface area contributed by atoms with Crippen LogP contribution in [0.4, 0.5) is 5.88 Å². The van der Waals surface area contributed by atoms with Crippen LogP contribution >= 0.6 is 11.3 Å². The third-order valence-electron chi connectivity index (χ3n) is 3.44. The fraction of sp³-hybridized carbons (Fsp3) is 0.118. The van der Waals surface area contributed by atoms with Crippen LogP contribution in [-0.2, 0) is 11.2 Å². The summed E-state index contributed by atoms with van der Waals surface area (Å²) < 4.78 is 5.05. The van der Waals surface area contributed by atoms with E-state index in [0.717, 1.165) is 5.56 Å². The summed E-state index contributed by atoms with van der Waals surface area (Å²) in [5.41, 5.74) is 1.75. The number of carboxylic acid groups (broad SMARTS) is 1. The molecule has 122 valence electrons. The van der Waals surface area contributed by atoms with Gasteiger partial charge in [-0.1, -0.05) is 35.5 Å². The van der Waals surface area contributed by atoms with Crippen molar-refractivity contribution in [3.8, 4) is 11.3 Å². The van der Waals surface area contributed by atoms with E-state index in [1.165, 1.54) is 11.3 Å². The number of thiophene rings is 1. The van der Waals surface area contributed by atoms with Crippen LogP contribution in [0.15, 0.2) is 51.7 Å². The lowest BCUT2D eigenvalue weighted by molar-refractivity contribution is -0.116. The van der Waals surface area contributed by atoms with Gasteiger partial charge in [-0.05, 0) is 23.4 Å². The van der Waals surface area contributed by atoms with Crippen LogP contribution in [0.25, 0.3) is 11.3 Å². The molecule has 0 unspecified atom stereocenters. The van der Waals surface area contributed by atoms with Gasteiger partial charge in [-0.15, -0.1) is 0 Å². The monoisotopic (exact) mass is 342 g/mol. The smallest absolute Gasteiger partial charge is 0.343 e. The van der Waals surface area contributed by atoms with Gasteiger partial charge in [0.05, 0.1) is 0 Å². The van der Waals surface area contributed by atoms with Gasteiger partial charge in [0.25, 0.3) is 0 Å². The Balaban J connectivity index is 1.73. The number of aromatic nitrogens is 1. The maximum Gasteiger partial charge on any atom is 0.343 e. The molecule has 0 saturated heterocycles. The van der Waals surface area contributed by atoms with Crippen LogP contribution in [0.1, 0.15) is 22.3 Å². The molecule has 24 heavy (non-hydrogen) atoms. The molecule has 7 heteroatoms. The van der Waals surface area contributed by atoms with E-state index in [1.807, 2.05) is 35.7 Å². The van der Waals surface area contributed by atoms with Gasteiger partial charge >= 0.3 is 5.97 Å². The molecule has 2 aromatic heterocycles. The lowest BCUT2D eigenvalue weighted by Gasteiger charge is -2.03. The Bertz CT molecular complexity index is 841. The Morgan fingerprint density at radius 3 is 2.67 bits per heavy atom. The Labute approximate surface area is 141 Å². The van der Waals surface area contributed by atoms with Crippen LogP contribution in [-0.4, -0.2) is 22.1 Å². The van der Waals surface area contributed by atoms with Gasteiger partial charge in [0, 0.05) is 17.4 Å². The minimum atomic E-state index is -1.20. The predicted molar refractivity (Wildman–Crippen MR) is 90.2 cm³/mol. The summed E-state index contributed by atoms with van der Waals surface area (Å²) in [7, 11) is 0. The molecule has 3 rings (SSSR count). The number of carboxylic acids is 1. The van der Waals surface area contributed by atoms with Crippen molar-refractivity contribution in [3.63, 3.8) is 0 Å². The zero-order valence-electron chi connectivity index (χ0n) is 12.6. The fourth-order valence-corrected chi connectivity index (χ4v) is 2.90. The highest BCUT2D eigenvalue weighted by Gasteiger charge is 2.25. The van der Waals surface area contributed by atoms with Gasteiger partial charge < -0.3 is 9.63 Å². The summed E-state index contributed by atoms with van der Waals surface area (Å²) >= 11 is 1.42. The minimum absolute atomic E-state index is 0.137. The number of amides is 1. The summed E-state index contributed by atoms with van der Waals surface area (Å²) in [5.74, 6) is -1.66. The summed E-state index contributed by atoms with van der Waals surface area (Å²) in [6.45, 7) is 0. The molecule has 6 nitrogen and oxygen atoms in total. The number of carbonyl (C=O) groups excluding carboxylic acids is 1. The van der Waals surface area contributed by atoms with Crippen molar-refractivity contribution in [2.24, 2.45) is 0 Å². The molecule has 0 aliphatic rings. The number of aromatic carboxylic acids is 1. The molecule has 2 heterocycles. The van der Waals surface area contributed by atoms with E-state index in [9.17, 15) is 14.7 Å². The van der Waals surface area contributed by atoms with Gasteiger partial charge in [-0.25, -0.2) is 4.79 Å². The van der Waals surface area contributed by atoms with Crippen LogP contribution in [0.5, 0.6) is 0 Å². The van der Waals surface area contributed by atoms with Crippen molar-refractivity contribution in [2.75, 3.05) is 5.32 Å². The summed E-state index contributed by atoms with van der Waals surface area (Å²) in [6, 6.07) is 11.3. The van der Waals surface area contributed by atoms with Crippen molar-refractivity contribution in [1.82, 2.24) is 5.16 Å². The molecule has 3 aromatic rings. The molecule has 0 aliphatic carbocycles. The first-order valence-corrected chi connectivity index (χ1v) is 8.18. The molecule has 0 bridgehead atoms. The molecule has 0 radical (unpaired) electrons. The van der Waals surface area contributed by atoms with Crippen molar-refractivity contribution in [2.45, 2.75) is 12.8 Å². The number of nitrogens with one attached hydrogen (secondary N) is 1. The Morgan fingerprint density at radius 1 is 1.21 bits per heavy atom. The van der Waals surface area contributed by atoms with Crippen LogP contribution < -0.4 is 5.32 Å². The Morgan fingerprint density at radius 2 is 2.00 bits per heavy atom. The first-order chi connectivity index (χ1) is 11.6. The van der Waals surface area contributed by atoms with E-state index in [0.29, 0.717) is 12.0 Å². The maximum absolute atomic E-state index is 12.1. The van der Waals surface area contributed by atoms with E-state index >= 15 is 0 Å². The fourth-order valence-electron chi connectivity index (χ4n) is 2.26. The quantitative estimate of drug-likeness (QED) is 0.713. The number of carbonyl (C=O) groups is 2. The molecule has 1 aromatic carbocycles. The second-order valence-electron chi connectivity index (χ2n) is 5.09. The molecule has 2 N–H and O–H groups in total. The number of hydrogen-bond donors (Lipinski definition) is 2. The third kappa shape index (κ3) is 3.52. The van der Waals surface area contributed by atoms with Crippen LogP contribution in [0.3, 0.4) is 0 Å². The lowest BCUT2D eigenvalue weighted by atomic mass is 10.1. The number of rotatable bonds is 6. The summed E-state index contributed by atoms with van der Waals surface area (Å²) in [4.78, 5) is 23.6. The number of benzene rings is 1. The molecule has 1 amide bonds. The van der Waals surface area contributed by atoms with Crippen molar-refractivity contribution in [1.29, 1.82) is 0 Å². The highest BCUT2D eigenvalue weighted by atomic mass is 32.1. The molecular formula is C17H14N2O4S. The standard InChI is InChI=1S/C17H14N2O4S/c20-13(7-6-11-4-2-1-3-5-11)18-16-14(17(21)22)15(19-23-16)12-8-9-24-10-12/h1-5,8-10H,6-7H2,(H,18,20)(H,21,22). The average molecular weight is 342 g/mol. The van der Waals surface area contributed by atoms with Crippen molar-refractivity contribution < 1.29 is 19.2 Å². The topological polar surface area (TPSA) is 92.4 Å². The van der Waals surface area contributed by atoms with Crippen LogP contribution in [0.2, 0.25) is 0 Å². The van der Waals surface area contributed by atoms with E-state index in [4.69, 9.17) is 4.52 Å². The first-order valence-electron chi connectivity index (χ1n) is 7.24. The SMILES string of the molecule is O=C(CCc1ccccc1)Nc1onc(-c2ccsc2)c1C(=O)O. The maximum atomic E-state index is 12.1. The Kier molecular flexibility index (Phi) is 4.72. The predicted octanol–water partition coefficient (Wildman–Crippen LogP) is 3.67. The molecule has 0 saturated carbocycles. The number of nitrogens with zero attached hydrogens (tertiary/aromatic N) is 1.